The summed E-state index contributed by atoms with van der Waals surface area (Å²) in [4.78, 5) is 13.3. The average Bonchev–Trinajstić information content (AvgIpc) is 2.31. The van der Waals surface area contributed by atoms with Crippen molar-refractivity contribution in [3.05, 3.63) is 11.3 Å². The highest BCUT2D eigenvalue weighted by molar-refractivity contribution is 6.07. The molecule has 0 aromatic rings. The quantitative estimate of drug-likeness (QED) is 0.622. The molecule has 0 bridgehead atoms. The number of ketones is 1. The lowest BCUT2D eigenvalue weighted by atomic mass is 9.90. The molecule has 1 atom stereocenters. The Morgan fingerprint density at radius 1 is 1.44 bits per heavy atom. The highest BCUT2D eigenvalue weighted by Crippen LogP contribution is 2.21. The molecule has 0 aromatic carbocycles. The van der Waals surface area contributed by atoms with Crippen LogP contribution >= 0.6 is 0 Å². The van der Waals surface area contributed by atoms with Gasteiger partial charge in [0.15, 0.2) is 11.9 Å². The molecule has 1 unspecified atom stereocenters. The number of rotatable bonds is 7. The van der Waals surface area contributed by atoms with E-state index in [4.69, 9.17) is 0 Å². The van der Waals surface area contributed by atoms with E-state index in [1.165, 1.54) is 0 Å². The first kappa shape index (κ1) is 13.2. The summed E-state index contributed by atoms with van der Waals surface area (Å²) in [7, 11) is 2.11. The minimum absolute atomic E-state index is 0.145. The zero-order valence-corrected chi connectivity index (χ0v) is 10.4. The maximum atomic E-state index is 11.0. The van der Waals surface area contributed by atoms with Gasteiger partial charge in [-0.05, 0) is 39.9 Å². The number of aliphatic hydroxyl groups is 1. The van der Waals surface area contributed by atoms with Gasteiger partial charge < -0.3 is 15.3 Å². The van der Waals surface area contributed by atoms with E-state index in [0.717, 1.165) is 32.5 Å². The number of carbonyl (C=O) groups is 1. The fraction of sp³-hybridized carbons (Fsp3) is 0.750. The number of carbonyl (C=O) groups excluding carboxylic acids is 1. The van der Waals surface area contributed by atoms with Gasteiger partial charge >= 0.3 is 0 Å². The number of nitrogens with one attached hydrogen (secondary N) is 1. The molecule has 92 valence electrons. The Hall–Kier alpha value is -0.870. The highest BCUT2D eigenvalue weighted by atomic mass is 16.3. The van der Waals surface area contributed by atoms with Crippen molar-refractivity contribution in [3.63, 3.8) is 0 Å². The molecule has 1 rings (SSSR count). The molecule has 0 heterocycles. The van der Waals surface area contributed by atoms with Crippen molar-refractivity contribution in [1.29, 1.82) is 0 Å². The van der Waals surface area contributed by atoms with Crippen LogP contribution in [0.4, 0.5) is 0 Å². The van der Waals surface area contributed by atoms with Crippen LogP contribution in [0.3, 0.4) is 0 Å². The molecule has 4 heteroatoms. The first-order valence-electron chi connectivity index (χ1n) is 5.93. The van der Waals surface area contributed by atoms with Crippen LogP contribution in [0, 0.1) is 0 Å². The number of Topliss-reactive ketones (excluding diaryl/α,β-unsaturated/α-hetero) is 1. The van der Waals surface area contributed by atoms with Crippen LogP contribution in [0.15, 0.2) is 11.3 Å². The molecule has 0 saturated heterocycles. The molecule has 4 nitrogen and oxygen atoms in total. The SMILES string of the molecule is CCN(C)CCCCNC1=C(C)C(=O)C1O. The lowest BCUT2D eigenvalue weighted by molar-refractivity contribution is -0.124. The van der Waals surface area contributed by atoms with Crippen molar-refractivity contribution in [2.75, 3.05) is 26.7 Å². The zero-order chi connectivity index (χ0) is 12.1. The Kier molecular flexibility index (Phi) is 4.96. The highest BCUT2D eigenvalue weighted by Gasteiger charge is 2.34. The largest absolute Gasteiger partial charge is 0.386 e. The third-order valence-electron chi connectivity index (χ3n) is 3.12. The molecule has 0 aliphatic heterocycles. The van der Waals surface area contributed by atoms with Crippen molar-refractivity contribution in [1.82, 2.24) is 10.2 Å². The second-order valence-electron chi connectivity index (χ2n) is 4.34. The molecule has 1 aliphatic rings. The van der Waals surface area contributed by atoms with Crippen molar-refractivity contribution in [2.24, 2.45) is 0 Å². The molecular formula is C12H22N2O2. The van der Waals surface area contributed by atoms with E-state index >= 15 is 0 Å². The molecule has 0 radical (unpaired) electrons. The molecule has 0 amide bonds. The Morgan fingerprint density at radius 3 is 2.69 bits per heavy atom. The fourth-order valence-electron chi connectivity index (χ4n) is 1.71. The summed E-state index contributed by atoms with van der Waals surface area (Å²) in [6.07, 6.45) is 1.30. The van der Waals surface area contributed by atoms with Crippen LogP contribution in [-0.4, -0.2) is 48.6 Å². The Balaban J connectivity index is 2.11. The molecule has 0 aromatic heterocycles. The standard InChI is InChI=1S/C12H22N2O2/c1-4-14(3)8-6-5-7-13-10-9(2)11(15)12(10)16/h12-13,16H,4-8H2,1-3H3. The topological polar surface area (TPSA) is 52.6 Å². The molecule has 0 saturated carbocycles. The van der Waals surface area contributed by atoms with Gasteiger partial charge in [0.05, 0.1) is 5.70 Å². The Labute approximate surface area is 97.3 Å². The number of aliphatic hydroxyl groups excluding tert-OH is 1. The Morgan fingerprint density at radius 2 is 2.12 bits per heavy atom. The zero-order valence-electron chi connectivity index (χ0n) is 10.4. The van der Waals surface area contributed by atoms with Crippen LogP contribution in [0.2, 0.25) is 0 Å². The lowest BCUT2D eigenvalue weighted by Crippen LogP contribution is -2.42. The van der Waals surface area contributed by atoms with E-state index < -0.39 is 6.10 Å². The summed E-state index contributed by atoms with van der Waals surface area (Å²) in [5.41, 5.74) is 1.40. The fourth-order valence-corrected chi connectivity index (χ4v) is 1.71. The smallest absolute Gasteiger partial charge is 0.194 e. The van der Waals surface area contributed by atoms with Crippen molar-refractivity contribution in [3.8, 4) is 0 Å². The molecule has 1 aliphatic carbocycles. The molecule has 2 N–H and O–H groups in total. The molecular weight excluding hydrogens is 204 g/mol. The average molecular weight is 226 g/mol. The minimum atomic E-state index is -0.890. The predicted octanol–water partition coefficient (Wildman–Crippen LogP) is 0.525. The van der Waals surface area contributed by atoms with Gasteiger partial charge in [0.25, 0.3) is 0 Å². The van der Waals surface area contributed by atoms with E-state index in [-0.39, 0.29) is 5.78 Å². The van der Waals surface area contributed by atoms with Gasteiger partial charge in [0.1, 0.15) is 0 Å². The Bertz CT molecular complexity index is 287. The molecule has 0 spiro atoms. The number of nitrogens with zero attached hydrogens (tertiary/aromatic N) is 1. The van der Waals surface area contributed by atoms with Gasteiger partial charge in [-0.1, -0.05) is 6.92 Å². The van der Waals surface area contributed by atoms with Crippen molar-refractivity contribution in [2.45, 2.75) is 32.8 Å². The summed E-state index contributed by atoms with van der Waals surface area (Å²) in [6.45, 7) is 6.89. The van der Waals surface area contributed by atoms with Crippen LogP contribution in [0.1, 0.15) is 26.7 Å². The van der Waals surface area contributed by atoms with E-state index in [1.807, 2.05) is 0 Å². The van der Waals surface area contributed by atoms with Crippen LogP contribution in [0.25, 0.3) is 0 Å². The van der Waals surface area contributed by atoms with Gasteiger partial charge in [-0.15, -0.1) is 0 Å². The van der Waals surface area contributed by atoms with Crippen molar-refractivity contribution < 1.29 is 9.90 Å². The van der Waals surface area contributed by atoms with E-state index in [2.05, 4.69) is 24.2 Å². The first-order valence-corrected chi connectivity index (χ1v) is 5.93. The van der Waals surface area contributed by atoms with Gasteiger partial charge in [0, 0.05) is 12.1 Å². The summed E-state index contributed by atoms with van der Waals surface area (Å²) in [5, 5.41) is 12.5. The third kappa shape index (κ3) is 3.06. The van der Waals surface area contributed by atoms with Gasteiger partial charge in [-0.3, -0.25) is 4.79 Å². The second-order valence-corrected chi connectivity index (χ2v) is 4.34. The number of unbranched alkanes of at least 4 members (excludes halogenated alkanes) is 1. The summed E-state index contributed by atoms with van der Waals surface area (Å²) >= 11 is 0. The van der Waals surface area contributed by atoms with Gasteiger partial charge in [-0.2, -0.15) is 0 Å². The monoisotopic (exact) mass is 226 g/mol. The molecule has 0 fully saturated rings. The van der Waals surface area contributed by atoms with Crippen LogP contribution in [-0.2, 0) is 4.79 Å². The normalized spacial score (nSPS) is 20.3. The maximum absolute atomic E-state index is 11.0. The first-order chi connectivity index (χ1) is 7.57. The summed E-state index contributed by atoms with van der Waals surface area (Å²) in [5.74, 6) is -0.145. The van der Waals surface area contributed by atoms with Gasteiger partial charge in [0.2, 0.25) is 0 Å². The van der Waals surface area contributed by atoms with Gasteiger partial charge in [-0.25, -0.2) is 0 Å². The summed E-state index contributed by atoms with van der Waals surface area (Å²) in [6, 6.07) is 0. The van der Waals surface area contributed by atoms with Crippen LogP contribution in [0.5, 0.6) is 0 Å². The van der Waals surface area contributed by atoms with E-state index in [9.17, 15) is 9.90 Å². The van der Waals surface area contributed by atoms with E-state index in [1.54, 1.807) is 6.92 Å². The van der Waals surface area contributed by atoms with Crippen molar-refractivity contribution >= 4 is 5.78 Å². The number of hydrogen-bond donors (Lipinski definition) is 2. The minimum Gasteiger partial charge on any atom is -0.386 e. The summed E-state index contributed by atoms with van der Waals surface area (Å²) < 4.78 is 0. The second kappa shape index (κ2) is 6.01. The van der Waals surface area contributed by atoms with Crippen LogP contribution < -0.4 is 5.32 Å². The predicted molar refractivity (Wildman–Crippen MR) is 64.1 cm³/mol. The lowest BCUT2D eigenvalue weighted by Gasteiger charge is -2.27. The third-order valence-corrected chi connectivity index (χ3v) is 3.12. The van der Waals surface area contributed by atoms with E-state index in [0.29, 0.717) is 11.3 Å². The maximum Gasteiger partial charge on any atom is 0.194 e. The molecule has 16 heavy (non-hydrogen) atoms. The number of hydrogen-bond acceptors (Lipinski definition) is 4.